The summed E-state index contributed by atoms with van der Waals surface area (Å²) < 4.78 is 0. The van der Waals surface area contributed by atoms with Crippen molar-refractivity contribution in [1.29, 1.82) is 0 Å². The molecule has 1 aromatic rings. The summed E-state index contributed by atoms with van der Waals surface area (Å²) in [4.78, 5) is 15.1. The highest BCUT2D eigenvalue weighted by molar-refractivity contribution is 5.87. The van der Waals surface area contributed by atoms with Gasteiger partial charge in [0.2, 0.25) is 5.91 Å². The minimum absolute atomic E-state index is 0.249. The number of benzene rings is 1. The van der Waals surface area contributed by atoms with Crippen LogP contribution in [-0.4, -0.2) is 36.5 Å². The van der Waals surface area contributed by atoms with Crippen LogP contribution >= 0.6 is 0 Å². The second-order valence-corrected chi connectivity index (χ2v) is 6.14. The van der Waals surface area contributed by atoms with Crippen LogP contribution in [0.2, 0.25) is 0 Å². The number of rotatable bonds is 5. The number of hydrogen-bond acceptors (Lipinski definition) is 2. The van der Waals surface area contributed by atoms with Gasteiger partial charge in [0.15, 0.2) is 0 Å². The van der Waals surface area contributed by atoms with Crippen LogP contribution in [0.1, 0.15) is 39.2 Å². The predicted molar refractivity (Wildman–Crippen MR) is 82.7 cm³/mol. The molecule has 0 aromatic heterocycles. The van der Waals surface area contributed by atoms with Gasteiger partial charge < -0.3 is 10.2 Å². The van der Waals surface area contributed by atoms with Crippen LogP contribution in [0, 0.1) is 0 Å². The Morgan fingerprint density at radius 3 is 2.60 bits per heavy atom. The van der Waals surface area contributed by atoms with Gasteiger partial charge in [-0.2, -0.15) is 0 Å². The van der Waals surface area contributed by atoms with Crippen LogP contribution in [0.15, 0.2) is 30.3 Å². The predicted octanol–water partition coefficient (Wildman–Crippen LogP) is 2.56. The number of carbonyl (C=O) groups excluding carboxylic acids is 1. The Bertz CT molecular complexity index is 436. The summed E-state index contributed by atoms with van der Waals surface area (Å²) in [6.07, 6.45) is 2.07. The SMILES string of the molecule is CCCN(C(=O)C(C)(C)c1ccccc1)C1CCNC1. The number of hydrogen-bond donors (Lipinski definition) is 1. The molecule has 2 rings (SSSR count). The summed E-state index contributed by atoms with van der Waals surface area (Å²) in [5.74, 6) is 0.249. The zero-order valence-electron chi connectivity index (χ0n) is 12.9. The van der Waals surface area contributed by atoms with E-state index in [9.17, 15) is 4.79 Å². The van der Waals surface area contributed by atoms with Crippen molar-refractivity contribution in [3.8, 4) is 0 Å². The van der Waals surface area contributed by atoms with Crippen molar-refractivity contribution in [2.45, 2.75) is 45.1 Å². The van der Waals surface area contributed by atoms with E-state index in [0.29, 0.717) is 6.04 Å². The maximum Gasteiger partial charge on any atom is 0.232 e. The molecule has 1 atom stereocenters. The highest BCUT2D eigenvalue weighted by Crippen LogP contribution is 2.27. The second kappa shape index (κ2) is 6.40. The monoisotopic (exact) mass is 274 g/mol. The fourth-order valence-corrected chi connectivity index (χ4v) is 2.93. The molecule has 0 aliphatic carbocycles. The molecule has 3 heteroatoms. The number of amides is 1. The first-order chi connectivity index (χ1) is 9.57. The quantitative estimate of drug-likeness (QED) is 0.895. The van der Waals surface area contributed by atoms with Gasteiger partial charge in [-0.3, -0.25) is 4.79 Å². The Morgan fingerprint density at radius 2 is 2.05 bits per heavy atom. The standard InChI is InChI=1S/C17H26N2O/c1-4-12-19(15-10-11-18-13-15)16(20)17(2,3)14-8-6-5-7-9-14/h5-9,15,18H,4,10-13H2,1-3H3. The molecule has 1 unspecified atom stereocenters. The first kappa shape index (κ1) is 15.0. The average molecular weight is 274 g/mol. The minimum atomic E-state index is -0.459. The van der Waals surface area contributed by atoms with E-state index in [4.69, 9.17) is 0 Å². The molecule has 1 aliphatic rings. The average Bonchev–Trinajstić information content (AvgIpc) is 2.99. The lowest BCUT2D eigenvalue weighted by Crippen LogP contribution is -2.49. The smallest absolute Gasteiger partial charge is 0.232 e. The van der Waals surface area contributed by atoms with Crippen molar-refractivity contribution in [2.75, 3.05) is 19.6 Å². The molecular formula is C17H26N2O. The van der Waals surface area contributed by atoms with Crippen molar-refractivity contribution < 1.29 is 4.79 Å². The zero-order valence-corrected chi connectivity index (χ0v) is 12.9. The molecule has 20 heavy (non-hydrogen) atoms. The van der Waals surface area contributed by atoms with E-state index in [1.54, 1.807) is 0 Å². The Morgan fingerprint density at radius 1 is 1.35 bits per heavy atom. The molecule has 1 saturated heterocycles. The van der Waals surface area contributed by atoms with Crippen molar-refractivity contribution in [3.05, 3.63) is 35.9 Å². The van der Waals surface area contributed by atoms with Crippen LogP contribution in [0.3, 0.4) is 0 Å². The Hall–Kier alpha value is -1.35. The van der Waals surface area contributed by atoms with Crippen LogP contribution in [0.25, 0.3) is 0 Å². The Kier molecular flexibility index (Phi) is 4.81. The molecule has 110 valence electrons. The molecule has 1 heterocycles. The van der Waals surface area contributed by atoms with E-state index in [1.165, 1.54) is 0 Å². The highest BCUT2D eigenvalue weighted by atomic mass is 16.2. The lowest BCUT2D eigenvalue weighted by Gasteiger charge is -2.36. The molecule has 1 N–H and O–H groups in total. The maximum absolute atomic E-state index is 13.0. The van der Waals surface area contributed by atoms with Gasteiger partial charge in [0, 0.05) is 19.1 Å². The van der Waals surface area contributed by atoms with Gasteiger partial charge >= 0.3 is 0 Å². The van der Waals surface area contributed by atoms with Crippen LogP contribution < -0.4 is 5.32 Å². The minimum Gasteiger partial charge on any atom is -0.338 e. The highest BCUT2D eigenvalue weighted by Gasteiger charge is 2.37. The summed E-state index contributed by atoms with van der Waals surface area (Å²) in [6.45, 7) is 9.01. The fraction of sp³-hybridized carbons (Fsp3) is 0.588. The summed E-state index contributed by atoms with van der Waals surface area (Å²) >= 11 is 0. The van der Waals surface area contributed by atoms with Gasteiger partial charge in [-0.25, -0.2) is 0 Å². The van der Waals surface area contributed by atoms with Gasteiger partial charge in [-0.1, -0.05) is 37.3 Å². The fourth-order valence-electron chi connectivity index (χ4n) is 2.93. The number of carbonyl (C=O) groups is 1. The second-order valence-electron chi connectivity index (χ2n) is 6.14. The molecular weight excluding hydrogens is 248 g/mol. The Balaban J connectivity index is 2.21. The van der Waals surface area contributed by atoms with Crippen LogP contribution in [-0.2, 0) is 10.2 Å². The van der Waals surface area contributed by atoms with Crippen molar-refractivity contribution >= 4 is 5.91 Å². The topological polar surface area (TPSA) is 32.3 Å². The third-order valence-electron chi connectivity index (χ3n) is 4.23. The van der Waals surface area contributed by atoms with E-state index in [2.05, 4.69) is 29.3 Å². The van der Waals surface area contributed by atoms with Gasteiger partial charge in [-0.15, -0.1) is 0 Å². The molecule has 3 nitrogen and oxygen atoms in total. The summed E-state index contributed by atoms with van der Waals surface area (Å²) in [5.41, 5.74) is 0.635. The molecule has 1 amide bonds. The van der Waals surface area contributed by atoms with Gasteiger partial charge in [0.25, 0.3) is 0 Å². The van der Waals surface area contributed by atoms with Gasteiger partial charge in [-0.05, 0) is 38.8 Å². The number of nitrogens with zero attached hydrogens (tertiary/aromatic N) is 1. The number of nitrogens with one attached hydrogen (secondary N) is 1. The van der Waals surface area contributed by atoms with E-state index in [1.807, 2.05) is 32.0 Å². The normalized spacial score (nSPS) is 19.1. The first-order valence-electron chi connectivity index (χ1n) is 7.64. The third-order valence-corrected chi connectivity index (χ3v) is 4.23. The molecule has 0 saturated carbocycles. The van der Waals surface area contributed by atoms with E-state index in [-0.39, 0.29) is 5.91 Å². The third kappa shape index (κ3) is 3.04. The lowest BCUT2D eigenvalue weighted by atomic mass is 9.82. The van der Waals surface area contributed by atoms with Crippen molar-refractivity contribution in [3.63, 3.8) is 0 Å². The van der Waals surface area contributed by atoms with E-state index < -0.39 is 5.41 Å². The molecule has 1 aromatic carbocycles. The Labute approximate surface area is 122 Å². The van der Waals surface area contributed by atoms with Crippen LogP contribution in [0.4, 0.5) is 0 Å². The van der Waals surface area contributed by atoms with Gasteiger partial charge in [0.05, 0.1) is 5.41 Å². The van der Waals surface area contributed by atoms with Crippen molar-refractivity contribution in [1.82, 2.24) is 10.2 Å². The van der Waals surface area contributed by atoms with E-state index >= 15 is 0 Å². The molecule has 0 radical (unpaired) electrons. The maximum atomic E-state index is 13.0. The zero-order chi connectivity index (χ0) is 14.6. The molecule has 1 aliphatic heterocycles. The summed E-state index contributed by atoms with van der Waals surface area (Å²) in [6, 6.07) is 10.5. The molecule has 0 spiro atoms. The largest absolute Gasteiger partial charge is 0.338 e. The summed E-state index contributed by atoms with van der Waals surface area (Å²) in [5, 5.41) is 3.36. The first-order valence-corrected chi connectivity index (χ1v) is 7.64. The molecule has 0 bridgehead atoms. The van der Waals surface area contributed by atoms with E-state index in [0.717, 1.165) is 38.0 Å². The van der Waals surface area contributed by atoms with Crippen LogP contribution in [0.5, 0.6) is 0 Å². The van der Waals surface area contributed by atoms with Gasteiger partial charge in [0.1, 0.15) is 0 Å². The summed E-state index contributed by atoms with van der Waals surface area (Å²) in [7, 11) is 0. The lowest BCUT2D eigenvalue weighted by molar-refractivity contribution is -0.138. The molecule has 1 fully saturated rings. The van der Waals surface area contributed by atoms with Crippen molar-refractivity contribution in [2.24, 2.45) is 0 Å².